The van der Waals surface area contributed by atoms with Gasteiger partial charge >= 0.3 is 0 Å². The van der Waals surface area contributed by atoms with Crippen molar-refractivity contribution in [3.63, 3.8) is 0 Å². The summed E-state index contributed by atoms with van der Waals surface area (Å²) in [6, 6.07) is 7.10. The van der Waals surface area contributed by atoms with Crippen LogP contribution in [-0.2, 0) is 6.54 Å². The maximum atomic E-state index is 6.35. The van der Waals surface area contributed by atoms with Crippen molar-refractivity contribution in [1.82, 2.24) is 5.32 Å². The van der Waals surface area contributed by atoms with Gasteiger partial charge in [0.15, 0.2) is 0 Å². The van der Waals surface area contributed by atoms with Gasteiger partial charge in [0, 0.05) is 18.2 Å². The Balaban J connectivity index is 1.69. The van der Waals surface area contributed by atoms with Crippen LogP contribution in [0.3, 0.4) is 0 Å². The Morgan fingerprint density at radius 3 is 2.85 bits per heavy atom. The highest BCUT2D eigenvalue weighted by atomic mass is 79.9. The molecule has 0 saturated heterocycles. The third-order valence-corrected chi connectivity index (χ3v) is 5.00. The molecular formula is C17H24BrNO. The van der Waals surface area contributed by atoms with Gasteiger partial charge in [-0.1, -0.05) is 25.5 Å². The number of benzene rings is 1. The Bertz CT molecular complexity index is 458. The largest absolute Gasteiger partial charge is 0.489 e. The molecule has 0 heterocycles. The summed E-state index contributed by atoms with van der Waals surface area (Å²) in [5.41, 5.74) is 1.28. The second kappa shape index (κ2) is 6.48. The molecule has 0 radical (unpaired) electrons. The van der Waals surface area contributed by atoms with E-state index in [1.165, 1.54) is 44.1 Å². The molecule has 1 aromatic rings. The topological polar surface area (TPSA) is 21.3 Å². The zero-order chi connectivity index (χ0) is 13.9. The summed E-state index contributed by atoms with van der Waals surface area (Å²) in [5.74, 6) is 1.85. The molecular weight excluding hydrogens is 314 g/mol. The van der Waals surface area contributed by atoms with E-state index in [1.807, 2.05) is 0 Å². The van der Waals surface area contributed by atoms with E-state index in [-0.39, 0.29) is 0 Å². The van der Waals surface area contributed by atoms with Gasteiger partial charge in [-0.15, -0.1) is 0 Å². The fourth-order valence-corrected chi connectivity index (χ4v) is 3.52. The molecule has 110 valence electrons. The first kappa shape index (κ1) is 14.4. The van der Waals surface area contributed by atoms with E-state index in [0.717, 1.165) is 28.7 Å². The van der Waals surface area contributed by atoms with Gasteiger partial charge < -0.3 is 10.1 Å². The lowest BCUT2D eigenvalue weighted by molar-refractivity contribution is 0.127. The Morgan fingerprint density at radius 1 is 1.25 bits per heavy atom. The monoisotopic (exact) mass is 337 g/mol. The number of halogens is 1. The Kier molecular flexibility index (Phi) is 4.67. The minimum Gasteiger partial charge on any atom is -0.489 e. The van der Waals surface area contributed by atoms with Crippen LogP contribution in [0.25, 0.3) is 0 Å². The molecule has 20 heavy (non-hydrogen) atoms. The Morgan fingerprint density at radius 2 is 2.10 bits per heavy atom. The van der Waals surface area contributed by atoms with Gasteiger partial charge in [-0.05, 0) is 60.0 Å². The van der Waals surface area contributed by atoms with Crippen LogP contribution in [0.5, 0.6) is 5.75 Å². The van der Waals surface area contributed by atoms with Crippen molar-refractivity contribution in [2.45, 2.75) is 64.1 Å². The summed E-state index contributed by atoms with van der Waals surface area (Å²) in [5, 5.41) is 3.59. The van der Waals surface area contributed by atoms with Crippen LogP contribution in [0, 0.1) is 5.92 Å². The van der Waals surface area contributed by atoms with E-state index < -0.39 is 0 Å². The number of nitrogens with one attached hydrogen (secondary N) is 1. The molecule has 2 fully saturated rings. The van der Waals surface area contributed by atoms with Crippen molar-refractivity contribution in [2.75, 3.05) is 0 Å². The molecule has 2 aliphatic rings. The molecule has 0 bridgehead atoms. The highest BCUT2D eigenvalue weighted by Gasteiger charge is 2.24. The van der Waals surface area contributed by atoms with Crippen molar-refractivity contribution in [2.24, 2.45) is 5.92 Å². The van der Waals surface area contributed by atoms with E-state index in [0.29, 0.717) is 6.10 Å². The molecule has 1 N–H and O–H groups in total. The number of hydrogen-bond donors (Lipinski definition) is 1. The minimum atomic E-state index is 0.386. The van der Waals surface area contributed by atoms with Gasteiger partial charge in [-0.3, -0.25) is 0 Å². The van der Waals surface area contributed by atoms with Crippen LogP contribution in [0.2, 0.25) is 0 Å². The fourth-order valence-electron chi connectivity index (χ4n) is 3.02. The lowest BCUT2D eigenvalue weighted by atomic mass is 9.88. The first-order chi connectivity index (χ1) is 9.72. The standard InChI is InChI=1S/C17H24BrNO/c1-12-4-2-6-15(10-12)20-17-13(5-3-7-16(17)18)11-19-14-8-9-14/h3,5,7,12,14-15,19H,2,4,6,8-11H2,1H3. The van der Waals surface area contributed by atoms with Crippen molar-refractivity contribution in [3.8, 4) is 5.75 Å². The van der Waals surface area contributed by atoms with Gasteiger partial charge in [0.2, 0.25) is 0 Å². The quantitative estimate of drug-likeness (QED) is 0.843. The maximum absolute atomic E-state index is 6.35. The summed E-state index contributed by atoms with van der Waals surface area (Å²) in [6.07, 6.45) is 8.07. The number of hydrogen-bond acceptors (Lipinski definition) is 2. The minimum absolute atomic E-state index is 0.386. The summed E-state index contributed by atoms with van der Waals surface area (Å²) in [6.45, 7) is 3.26. The zero-order valence-corrected chi connectivity index (χ0v) is 13.8. The second-order valence-electron chi connectivity index (χ2n) is 6.39. The van der Waals surface area contributed by atoms with Crippen LogP contribution in [0.4, 0.5) is 0 Å². The van der Waals surface area contributed by atoms with Gasteiger partial charge in [-0.25, -0.2) is 0 Å². The van der Waals surface area contributed by atoms with Gasteiger partial charge in [0.05, 0.1) is 10.6 Å². The third-order valence-electron chi connectivity index (χ3n) is 4.38. The lowest BCUT2D eigenvalue weighted by Crippen LogP contribution is -2.25. The van der Waals surface area contributed by atoms with Crippen LogP contribution < -0.4 is 10.1 Å². The van der Waals surface area contributed by atoms with Gasteiger partial charge in [0.25, 0.3) is 0 Å². The van der Waals surface area contributed by atoms with E-state index in [1.54, 1.807) is 0 Å². The van der Waals surface area contributed by atoms with E-state index in [2.05, 4.69) is 46.4 Å². The zero-order valence-electron chi connectivity index (χ0n) is 12.2. The highest BCUT2D eigenvalue weighted by molar-refractivity contribution is 9.10. The van der Waals surface area contributed by atoms with E-state index in [9.17, 15) is 0 Å². The molecule has 2 saturated carbocycles. The first-order valence-corrected chi connectivity index (χ1v) is 8.69. The van der Waals surface area contributed by atoms with Crippen molar-refractivity contribution >= 4 is 15.9 Å². The molecule has 2 nitrogen and oxygen atoms in total. The Hall–Kier alpha value is -0.540. The predicted molar refractivity (Wildman–Crippen MR) is 86.1 cm³/mol. The van der Waals surface area contributed by atoms with Crippen molar-refractivity contribution in [3.05, 3.63) is 28.2 Å². The molecule has 2 atom stereocenters. The van der Waals surface area contributed by atoms with E-state index >= 15 is 0 Å². The number of rotatable bonds is 5. The smallest absolute Gasteiger partial charge is 0.138 e. The average molecular weight is 338 g/mol. The molecule has 0 amide bonds. The third kappa shape index (κ3) is 3.76. The lowest BCUT2D eigenvalue weighted by Gasteiger charge is -2.28. The van der Waals surface area contributed by atoms with Crippen LogP contribution in [0.15, 0.2) is 22.7 Å². The SMILES string of the molecule is CC1CCCC(Oc2c(Br)cccc2CNC2CC2)C1. The molecule has 3 heteroatoms. The summed E-state index contributed by atoms with van der Waals surface area (Å²) < 4.78 is 7.44. The molecule has 1 aromatic carbocycles. The maximum Gasteiger partial charge on any atom is 0.138 e. The Labute approximate surface area is 130 Å². The van der Waals surface area contributed by atoms with Crippen LogP contribution >= 0.6 is 15.9 Å². The number of para-hydroxylation sites is 1. The summed E-state index contributed by atoms with van der Waals surface area (Å²) in [4.78, 5) is 0. The molecule has 0 spiro atoms. The summed E-state index contributed by atoms with van der Waals surface area (Å²) in [7, 11) is 0. The highest BCUT2D eigenvalue weighted by Crippen LogP contribution is 2.34. The van der Waals surface area contributed by atoms with Gasteiger partial charge in [0.1, 0.15) is 5.75 Å². The van der Waals surface area contributed by atoms with Crippen LogP contribution in [-0.4, -0.2) is 12.1 Å². The second-order valence-corrected chi connectivity index (χ2v) is 7.25. The molecule has 0 aromatic heterocycles. The average Bonchev–Trinajstić information content (AvgIpc) is 3.24. The summed E-state index contributed by atoms with van der Waals surface area (Å²) >= 11 is 3.66. The predicted octanol–water partition coefficient (Wildman–Crippen LogP) is 4.66. The van der Waals surface area contributed by atoms with Gasteiger partial charge in [-0.2, -0.15) is 0 Å². The molecule has 3 rings (SSSR count). The molecule has 2 unspecified atom stereocenters. The molecule has 0 aliphatic heterocycles. The molecule has 2 aliphatic carbocycles. The fraction of sp³-hybridized carbons (Fsp3) is 0.647. The van der Waals surface area contributed by atoms with E-state index in [4.69, 9.17) is 4.74 Å². The normalized spacial score (nSPS) is 26.5. The van der Waals surface area contributed by atoms with Crippen molar-refractivity contribution < 1.29 is 4.74 Å². The first-order valence-electron chi connectivity index (χ1n) is 7.90. The van der Waals surface area contributed by atoms with Crippen molar-refractivity contribution in [1.29, 1.82) is 0 Å². The van der Waals surface area contributed by atoms with Crippen LogP contribution in [0.1, 0.15) is 51.0 Å². The number of ether oxygens (including phenoxy) is 1.